The molecule has 7 heteroatoms. The Hall–Kier alpha value is -1.34. The Labute approximate surface area is 127 Å². The Balaban J connectivity index is 2.35. The minimum absolute atomic E-state index is 0.0299. The smallest absolute Gasteiger partial charge is 0.399 e. The molecule has 0 radical (unpaired) electrons. The molecule has 0 aliphatic carbocycles. The third kappa shape index (κ3) is 2.92. The van der Waals surface area contributed by atoms with Gasteiger partial charge in [0.1, 0.15) is 5.82 Å². The molecule has 0 spiro atoms. The van der Waals surface area contributed by atoms with E-state index in [0.717, 1.165) is 12.1 Å². The van der Waals surface area contributed by atoms with Gasteiger partial charge < -0.3 is 9.31 Å². The quantitative estimate of drug-likeness (QED) is 0.591. The van der Waals surface area contributed by atoms with E-state index in [4.69, 9.17) is 9.31 Å². The third-order valence-corrected chi connectivity index (χ3v) is 4.18. The van der Waals surface area contributed by atoms with Crippen molar-refractivity contribution < 1.29 is 26.9 Å². The van der Waals surface area contributed by atoms with E-state index in [2.05, 4.69) is 6.58 Å². The van der Waals surface area contributed by atoms with Crippen LogP contribution in [-0.2, 0) is 15.5 Å². The van der Waals surface area contributed by atoms with E-state index in [-0.39, 0.29) is 11.0 Å². The Bertz CT molecular complexity index is 592. The van der Waals surface area contributed by atoms with E-state index in [1.807, 2.05) is 0 Å². The fourth-order valence-electron chi connectivity index (χ4n) is 2.06. The zero-order valence-electron chi connectivity index (χ0n) is 12.8. The molecular formula is C15H17BF4O2. The summed E-state index contributed by atoms with van der Waals surface area (Å²) in [5.41, 5.74) is -2.53. The summed E-state index contributed by atoms with van der Waals surface area (Å²) in [5.74, 6) is -0.798. The molecule has 0 atom stereocenters. The highest BCUT2D eigenvalue weighted by Crippen LogP contribution is 2.41. The molecule has 1 fully saturated rings. The Morgan fingerprint density at radius 3 is 2.05 bits per heavy atom. The second-order valence-corrected chi connectivity index (χ2v) is 6.31. The molecule has 2 nitrogen and oxygen atoms in total. The molecule has 1 aromatic carbocycles. The first-order valence-corrected chi connectivity index (χ1v) is 6.77. The van der Waals surface area contributed by atoms with Crippen molar-refractivity contribution in [2.45, 2.75) is 45.1 Å². The highest BCUT2D eigenvalue weighted by atomic mass is 19.4. The maximum Gasteiger partial charge on any atom is 0.494 e. The lowest BCUT2D eigenvalue weighted by atomic mass is 9.74. The van der Waals surface area contributed by atoms with Gasteiger partial charge in [-0.2, -0.15) is 13.2 Å². The number of halogens is 4. The van der Waals surface area contributed by atoms with Crippen LogP contribution in [0.25, 0.3) is 5.47 Å². The summed E-state index contributed by atoms with van der Waals surface area (Å²) in [7, 11) is -0.997. The number of alkyl halides is 3. The van der Waals surface area contributed by atoms with Gasteiger partial charge in [0.05, 0.1) is 16.8 Å². The Morgan fingerprint density at radius 2 is 1.59 bits per heavy atom. The average molecular weight is 316 g/mol. The lowest BCUT2D eigenvalue weighted by Gasteiger charge is -2.32. The van der Waals surface area contributed by atoms with E-state index in [1.54, 1.807) is 27.7 Å². The minimum atomic E-state index is -4.56. The number of hydrogen-bond acceptors (Lipinski definition) is 2. The predicted molar refractivity (Wildman–Crippen MR) is 76.5 cm³/mol. The van der Waals surface area contributed by atoms with Gasteiger partial charge in [-0.25, -0.2) is 4.39 Å². The molecule has 0 amide bonds. The van der Waals surface area contributed by atoms with Crippen LogP contribution in [0.5, 0.6) is 0 Å². The maximum atomic E-state index is 13.9. The molecule has 0 unspecified atom stereocenters. The molecule has 0 saturated carbocycles. The van der Waals surface area contributed by atoms with Gasteiger partial charge in [0, 0.05) is 5.56 Å². The largest absolute Gasteiger partial charge is 0.494 e. The van der Waals surface area contributed by atoms with Gasteiger partial charge in [-0.05, 0) is 51.4 Å². The first-order valence-electron chi connectivity index (χ1n) is 6.77. The van der Waals surface area contributed by atoms with Crippen LogP contribution in [0.3, 0.4) is 0 Å². The fraction of sp³-hybridized carbons (Fsp3) is 0.467. The molecule has 1 saturated heterocycles. The third-order valence-electron chi connectivity index (χ3n) is 4.18. The maximum absolute atomic E-state index is 13.9. The highest BCUT2D eigenvalue weighted by Gasteiger charge is 2.52. The molecule has 0 bridgehead atoms. The van der Waals surface area contributed by atoms with Crippen molar-refractivity contribution in [1.29, 1.82) is 0 Å². The van der Waals surface area contributed by atoms with Gasteiger partial charge in [-0.3, -0.25) is 0 Å². The van der Waals surface area contributed by atoms with E-state index in [0.29, 0.717) is 6.07 Å². The summed E-state index contributed by atoms with van der Waals surface area (Å²) in [6.07, 6.45) is -4.56. The van der Waals surface area contributed by atoms with Crippen LogP contribution in [0.1, 0.15) is 38.8 Å². The van der Waals surface area contributed by atoms with Crippen LogP contribution >= 0.6 is 0 Å². The van der Waals surface area contributed by atoms with Gasteiger partial charge in [-0.1, -0.05) is 6.58 Å². The van der Waals surface area contributed by atoms with Crippen molar-refractivity contribution in [3.63, 3.8) is 0 Å². The number of benzene rings is 1. The zero-order chi connectivity index (χ0) is 16.9. The van der Waals surface area contributed by atoms with Crippen molar-refractivity contribution >= 4 is 12.6 Å². The lowest BCUT2D eigenvalue weighted by Crippen LogP contribution is -2.41. The first kappa shape index (κ1) is 17.0. The number of hydrogen-bond donors (Lipinski definition) is 0. The summed E-state index contributed by atoms with van der Waals surface area (Å²) in [5, 5.41) is 0. The summed E-state index contributed by atoms with van der Waals surface area (Å²) in [6.45, 7) is 10.8. The molecular weight excluding hydrogens is 299 g/mol. The zero-order valence-corrected chi connectivity index (χ0v) is 12.8. The monoisotopic (exact) mass is 316 g/mol. The van der Waals surface area contributed by atoms with Gasteiger partial charge in [0.25, 0.3) is 0 Å². The van der Waals surface area contributed by atoms with E-state index < -0.39 is 35.9 Å². The minimum Gasteiger partial charge on any atom is -0.399 e. The van der Waals surface area contributed by atoms with Crippen molar-refractivity contribution in [3.05, 3.63) is 41.7 Å². The van der Waals surface area contributed by atoms with Crippen LogP contribution in [0.15, 0.2) is 24.8 Å². The standard InChI is InChI=1S/C15H17BF4O2/c1-9(16-21-13(2,3)14(4,5)22-16)11-8-10(15(18,19)20)6-7-12(11)17/h6-8H,1H2,2-5H3. The molecule has 1 heterocycles. The van der Waals surface area contributed by atoms with Crippen LogP contribution in [-0.4, -0.2) is 18.3 Å². The van der Waals surface area contributed by atoms with Gasteiger partial charge in [0.15, 0.2) is 0 Å². The van der Waals surface area contributed by atoms with Crippen molar-refractivity contribution in [2.75, 3.05) is 0 Å². The number of rotatable bonds is 2. The summed E-state index contributed by atoms with van der Waals surface area (Å²) < 4.78 is 63.6. The molecule has 22 heavy (non-hydrogen) atoms. The van der Waals surface area contributed by atoms with Crippen molar-refractivity contribution in [1.82, 2.24) is 0 Å². The summed E-state index contributed by atoms with van der Waals surface area (Å²) in [6, 6.07) is 2.19. The van der Waals surface area contributed by atoms with Crippen LogP contribution < -0.4 is 0 Å². The topological polar surface area (TPSA) is 18.5 Å². The van der Waals surface area contributed by atoms with Crippen molar-refractivity contribution in [2.24, 2.45) is 0 Å². The Morgan fingerprint density at radius 1 is 1.09 bits per heavy atom. The van der Waals surface area contributed by atoms with Crippen LogP contribution in [0, 0.1) is 5.82 Å². The molecule has 1 aromatic rings. The second kappa shape index (κ2) is 5.10. The molecule has 0 aromatic heterocycles. The summed E-state index contributed by atoms with van der Waals surface area (Å²) in [4.78, 5) is 0. The van der Waals surface area contributed by atoms with Gasteiger partial charge >= 0.3 is 13.3 Å². The molecule has 1 aliphatic heterocycles. The fourth-order valence-corrected chi connectivity index (χ4v) is 2.06. The average Bonchev–Trinajstić information content (AvgIpc) is 2.56. The Kier molecular flexibility index (Phi) is 3.94. The molecule has 1 aliphatic rings. The summed E-state index contributed by atoms with van der Waals surface area (Å²) >= 11 is 0. The molecule has 2 rings (SSSR count). The van der Waals surface area contributed by atoms with Gasteiger partial charge in [0.2, 0.25) is 0 Å². The highest BCUT2D eigenvalue weighted by molar-refractivity contribution is 6.68. The SMILES string of the molecule is C=C(B1OC(C)(C)C(C)(C)O1)c1cc(C(F)(F)F)ccc1F. The lowest BCUT2D eigenvalue weighted by molar-refractivity contribution is -0.137. The first-order chi connectivity index (χ1) is 9.85. The van der Waals surface area contributed by atoms with E-state index in [9.17, 15) is 17.6 Å². The second-order valence-electron chi connectivity index (χ2n) is 6.31. The van der Waals surface area contributed by atoms with Crippen LogP contribution in [0.4, 0.5) is 17.6 Å². The molecule has 120 valence electrons. The van der Waals surface area contributed by atoms with E-state index >= 15 is 0 Å². The van der Waals surface area contributed by atoms with Crippen LogP contribution in [0.2, 0.25) is 0 Å². The van der Waals surface area contributed by atoms with Gasteiger partial charge in [-0.15, -0.1) is 0 Å². The molecule has 0 N–H and O–H groups in total. The van der Waals surface area contributed by atoms with Crippen molar-refractivity contribution in [3.8, 4) is 0 Å². The van der Waals surface area contributed by atoms with E-state index in [1.165, 1.54) is 0 Å². The predicted octanol–water partition coefficient (Wildman–Crippen LogP) is 4.49. The normalized spacial score (nSPS) is 20.3.